The second kappa shape index (κ2) is 8.40. The Morgan fingerprint density at radius 2 is 1.72 bits per heavy atom. The van der Waals surface area contributed by atoms with Crippen LogP contribution in [0.5, 0.6) is 0 Å². The Kier molecular flexibility index (Phi) is 5.88. The highest BCUT2D eigenvalue weighted by Crippen LogP contribution is 2.45. The second-order valence-electron chi connectivity index (χ2n) is 7.64. The van der Waals surface area contributed by atoms with Crippen molar-refractivity contribution < 1.29 is 13.2 Å². The lowest BCUT2D eigenvalue weighted by Crippen LogP contribution is -2.45. The minimum Gasteiger partial charge on any atom is -0.354 e. The van der Waals surface area contributed by atoms with Crippen molar-refractivity contribution in [3.8, 4) is 0 Å². The molecule has 0 radical (unpaired) electrons. The Labute approximate surface area is 176 Å². The summed E-state index contributed by atoms with van der Waals surface area (Å²) in [6.45, 7) is 0.611. The average Bonchev–Trinajstić information content (AvgIpc) is 3.37. The number of hydrogen-bond acceptors (Lipinski definition) is 4. The third-order valence-electron chi connectivity index (χ3n) is 5.71. The fourth-order valence-electron chi connectivity index (χ4n) is 4.20. The fourth-order valence-corrected chi connectivity index (χ4v) is 7.03. The molecule has 1 amide bonds. The Bertz CT molecular complexity index is 971. The lowest BCUT2D eigenvalue weighted by molar-refractivity contribution is -0.123. The van der Waals surface area contributed by atoms with Crippen LogP contribution in [0.15, 0.2) is 59.5 Å². The van der Waals surface area contributed by atoms with Crippen molar-refractivity contribution >= 4 is 33.4 Å². The molecule has 0 atom stereocenters. The summed E-state index contributed by atoms with van der Waals surface area (Å²) in [5, 5.41) is 2.92. The van der Waals surface area contributed by atoms with Gasteiger partial charge in [0.2, 0.25) is 15.9 Å². The van der Waals surface area contributed by atoms with Gasteiger partial charge in [-0.3, -0.25) is 9.10 Å². The van der Waals surface area contributed by atoms with E-state index in [4.69, 9.17) is 0 Å². The van der Waals surface area contributed by atoms with Crippen molar-refractivity contribution in [1.82, 2.24) is 5.32 Å². The number of benzene rings is 2. The summed E-state index contributed by atoms with van der Waals surface area (Å²) >= 11 is 1.61. The monoisotopic (exact) mass is 430 g/mol. The van der Waals surface area contributed by atoms with Gasteiger partial charge in [0.05, 0.1) is 16.2 Å². The van der Waals surface area contributed by atoms with Gasteiger partial charge in [0.1, 0.15) is 0 Å². The van der Waals surface area contributed by atoms with Crippen molar-refractivity contribution in [2.45, 2.75) is 41.7 Å². The largest absolute Gasteiger partial charge is 0.354 e. The number of rotatable bonds is 7. The van der Waals surface area contributed by atoms with Crippen LogP contribution in [0.3, 0.4) is 0 Å². The van der Waals surface area contributed by atoms with Crippen LogP contribution in [0.1, 0.15) is 31.2 Å². The molecule has 2 aromatic rings. The van der Waals surface area contributed by atoms with Crippen LogP contribution < -0.4 is 9.62 Å². The molecule has 5 nitrogen and oxygen atoms in total. The highest BCUT2D eigenvalue weighted by molar-refractivity contribution is 8.01. The third-order valence-corrected chi connectivity index (χ3v) is 8.97. The van der Waals surface area contributed by atoms with E-state index in [9.17, 15) is 13.2 Å². The molecule has 29 heavy (non-hydrogen) atoms. The number of nitrogens with zero attached hydrogens (tertiary/aromatic N) is 1. The molecular weight excluding hydrogens is 404 g/mol. The SMILES string of the molecule is O=C(NCCS(=O)(=O)N1CCc2ccccc21)C1(Sc2ccccc2)CCCC1. The maximum absolute atomic E-state index is 13.0. The van der Waals surface area contributed by atoms with Gasteiger partial charge in [0.25, 0.3) is 0 Å². The van der Waals surface area contributed by atoms with E-state index in [1.807, 2.05) is 54.6 Å². The van der Waals surface area contributed by atoms with E-state index in [-0.39, 0.29) is 18.2 Å². The molecule has 1 fully saturated rings. The lowest BCUT2D eigenvalue weighted by Gasteiger charge is -2.27. The van der Waals surface area contributed by atoms with Crippen LogP contribution in [0.2, 0.25) is 0 Å². The van der Waals surface area contributed by atoms with Crippen LogP contribution >= 0.6 is 11.8 Å². The van der Waals surface area contributed by atoms with Crippen LogP contribution in [0.4, 0.5) is 5.69 Å². The molecule has 0 aromatic heterocycles. The zero-order chi connectivity index (χ0) is 20.3. The maximum Gasteiger partial charge on any atom is 0.236 e. The minimum atomic E-state index is -3.46. The van der Waals surface area contributed by atoms with Gasteiger partial charge >= 0.3 is 0 Å². The summed E-state index contributed by atoms with van der Waals surface area (Å²) in [6, 6.07) is 17.6. The van der Waals surface area contributed by atoms with Crippen LogP contribution in [-0.2, 0) is 21.2 Å². The molecule has 1 heterocycles. The molecular formula is C22H26N2O3S2. The summed E-state index contributed by atoms with van der Waals surface area (Å²) in [4.78, 5) is 14.1. The van der Waals surface area contributed by atoms with E-state index in [2.05, 4.69) is 5.32 Å². The summed E-state index contributed by atoms with van der Waals surface area (Å²) in [5.74, 6) is -0.125. The molecule has 1 saturated carbocycles. The minimum absolute atomic E-state index is 0.0409. The number of thioether (sulfide) groups is 1. The molecule has 0 saturated heterocycles. The topological polar surface area (TPSA) is 66.5 Å². The van der Waals surface area contributed by atoms with Crippen LogP contribution in [0, 0.1) is 0 Å². The standard InChI is InChI=1S/C22H26N2O3S2/c25-21(22(13-6-7-14-22)28-19-9-2-1-3-10-19)23-15-17-29(26,27)24-16-12-18-8-4-5-11-20(18)24/h1-5,8-11H,6-7,12-17H2,(H,23,25). The molecule has 2 aliphatic rings. The zero-order valence-corrected chi connectivity index (χ0v) is 18.0. The van der Waals surface area contributed by atoms with Crippen molar-refractivity contribution in [3.63, 3.8) is 0 Å². The number of carbonyl (C=O) groups is 1. The molecule has 0 spiro atoms. The van der Waals surface area contributed by atoms with Gasteiger partial charge < -0.3 is 5.32 Å². The highest BCUT2D eigenvalue weighted by atomic mass is 32.2. The van der Waals surface area contributed by atoms with E-state index in [1.54, 1.807) is 11.8 Å². The molecule has 0 unspecified atom stereocenters. The van der Waals surface area contributed by atoms with Crippen molar-refractivity contribution in [2.75, 3.05) is 23.1 Å². The molecule has 0 bridgehead atoms. The van der Waals surface area contributed by atoms with E-state index in [0.29, 0.717) is 6.54 Å². The quantitative estimate of drug-likeness (QED) is 0.729. The number of anilines is 1. The number of fused-ring (bicyclic) bond motifs is 1. The smallest absolute Gasteiger partial charge is 0.236 e. The number of carbonyl (C=O) groups excluding carboxylic acids is 1. The van der Waals surface area contributed by atoms with Crippen molar-refractivity contribution in [1.29, 1.82) is 0 Å². The molecule has 1 N–H and O–H groups in total. The first-order valence-corrected chi connectivity index (χ1v) is 12.5. The van der Waals surface area contributed by atoms with Crippen LogP contribution in [-0.4, -0.2) is 37.9 Å². The number of sulfonamides is 1. The first kappa shape index (κ1) is 20.3. The number of hydrogen-bond donors (Lipinski definition) is 1. The van der Waals surface area contributed by atoms with E-state index in [0.717, 1.165) is 48.3 Å². The van der Waals surface area contributed by atoms with Crippen molar-refractivity contribution in [2.24, 2.45) is 0 Å². The molecule has 4 rings (SSSR count). The first-order valence-electron chi connectivity index (χ1n) is 10.1. The average molecular weight is 431 g/mol. The normalized spacial score (nSPS) is 17.9. The predicted octanol–water partition coefficient (Wildman–Crippen LogP) is 3.60. The molecule has 7 heteroatoms. The third kappa shape index (κ3) is 4.31. The van der Waals surface area contributed by atoms with E-state index >= 15 is 0 Å². The summed E-state index contributed by atoms with van der Waals surface area (Å²) in [7, 11) is -3.46. The summed E-state index contributed by atoms with van der Waals surface area (Å²) < 4.78 is 26.7. The van der Waals surface area contributed by atoms with Crippen molar-refractivity contribution in [3.05, 3.63) is 60.2 Å². The molecule has 1 aliphatic carbocycles. The Balaban J connectivity index is 1.39. The molecule has 154 valence electrons. The first-order chi connectivity index (χ1) is 14.0. The summed E-state index contributed by atoms with van der Waals surface area (Å²) in [5.41, 5.74) is 1.83. The number of nitrogens with one attached hydrogen (secondary N) is 1. The van der Waals surface area contributed by atoms with Gasteiger partial charge in [-0.05, 0) is 43.0 Å². The van der Waals surface area contributed by atoms with E-state index in [1.165, 1.54) is 4.31 Å². The van der Waals surface area contributed by atoms with E-state index < -0.39 is 14.8 Å². The van der Waals surface area contributed by atoms with Crippen LogP contribution in [0.25, 0.3) is 0 Å². The number of amides is 1. The van der Waals surface area contributed by atoms with Gasteiger partial charge in [0.15, 0.2) is 0 Å². The Morgan fingerprint density at radius 1 is 1.03 bits per heavy atom. The van der Waals surface area contributed by atoms with Gasteiger partial charge in [-0.25, -0.2) is 8.42 Å². The van der Waals surface area contributed by atoms with Gasteiger partial charge in [-0.2, -0.15) is 0 Å². The van der Waals surface area contributed by atoms with Gasteiger partial charge in [0, 0.05) is 18.0 Å². The fraction of sp³-hybridized carbons (Fsp3) is 0.409. The Hall–Kier alpha value is -1.99. The van der Waals surface area contributed by atoms with Gasteiger partial charge in [-0.1, -0.05) is 49.2 Å². The summed E-state index contributed by atoms with van der Waals surface area (Å²) in [6.07, 6.45) is 4.43. The zero-order valence-electron chi connectivity index (χ0n) is 16.3. The highest BCUT2D eigenvalue weighted by Gasteiger charge is 2.42. The number of para-hydroxylation sites is 1. The van der Waals surface area contributed by atoms with Gasteiger partial charge in [-0.15, -0.1) is 11.8 Å². The lowest BCUT2D eigenvalue weighted by atomic mass is 10.1. The Morgan fingerprint density at radius 3 is 2.48 bits per heavy atom. The molecule has 2 aromatic carbocycles. The predicted molar refractivity (Wildman–Crippen MR) is 118 cm³/mol. The second-order valence-corrected chi connectivity index (χ2v) is 11.1. The molecule has 1 aliphatic heterocycles. The maximum atomic E-state index is 13.0.